The summed E-state index contributed by atoms with van der Waals surface area (Å²) in [4.78, 5) is 10.9. The van der Waals surface area contributed by atoms with Gasteiger partial charge in [0, 0.05) is 5.69 Å². The summed E-state index contributed by atoms with van der Waals surface area (Å²) in [5, 5.41) is 14.1. The lowest BCUT2D eigenvalue weighted by atomic mass is 10.2. The van der Waals surface area contributed by atoms with Crippen LogP contribution in [0.15, 0.2) is 58.1 Å². The van der Waals surface area contributed by atoms with Gasteiger partial charge in [0.15, 0.2) is 0 Å². The van der Waals surface area contributed by atoms with Gasteiger partial charge in [0.2, 0.25) is 0 Å². The smallest absolute Gasteiger partial charge is 0.335 e. The summed E-state index contributed by atoms with van der Waals surface area (Å²) in [6, 6.07) is 12.0. The van der Waals surface area contributed by atoms with E-state index in [1.165, 1.54) is 30.3 Å². The maximum absolute atomic E-state index is 12.5. The molecular formula is C17H12Cl2N2O4S2. The minimum Gasteiger partial charge on any atom is -0.478 e. The van der Waals surface area contributed by atoms with Crippen molar-refractivity contribution in [3.05, 3.63) is 69.5 Å². The van der Waals surface area contributed by atoms with Crippen molar-refractivity contribution < 1.29 is 18.3 Å². The molecule has 1 aromatic heterocycles. The molecule has 0 aliphatic rings. The number of anilines is 3. The molecule has 0 aliphatic carbocycles. The van der Waals surface area contributed by atoms with Crippen LogP contribution in [0, 0.1) is 0 Å². The van der Waals surface area contributed by atoms with Crippen LogP contribution in [0.5, 0.6) is 0 Å². The maximum Gasteiger partial charge on any atom is 0.335 e. The van der Waals surface area contributed by atoms with Gasteiger partial charge in [-0.3, -0.25) is 4.72 Å². The minimum atomic E-state index is -3.78. The number of thiophene rings is 1. The fraction of sp³-hybridized carbons (Fsp3) is 0. The molecule has 10 heteroatoms. The molecule has 0 amide bonds. The summed E-state index contributed by atoms with van der Waals surface area (Å²) >= 11 is 13.2. The van der Waals surface area contributed by atoms with Crippen LogP contribution in [0.3, 0.4) is 0 Å². The van der Waals surface area contributed by atoms with E-state index in [1.54, 1.807) is 23.6 Å². The Morgan fingerprint density at radius 2 is 1.63 bits per heavy atom. The van der Waals surface area contributed by atoms with Crippen molar-refractivity contribution in [3.63, 3.8) is 0 Å². The first-order valence-corrected chi connectivity index (χ1v) is 10.5. The topological polar surface area (TPSA) is 95.5 Å². The monoisotopic (exact) mass is 442 g/mol. The number of benzene rings is 2. The van der Waals surface area contributed by atoms with Gasteiger partial charge in [-0.25, -0.2) is 13.2 Å². The van der Waals surface area contributed by atoms with Gasteiger partial charge in [-0.15, -0.1) is 11.3 Å². The number of nitrogens with one attached hydrogen (secondary N) is 2. The highest BCUT2D eigenvalue weighted by Gasteiger charge is 2.18. The average Bonchev–Trinajstić information content (AvgIpc) is 3.15. The van der Waals surface area contributed by atoms with Gasteiger partial charge in [0.25, 0.3) is 10.0 Å². The van der Waals surface area contributed by atoms with Crippen LogP contribution in [-0.4, -0.2) is 19.5 Å². The zero-order valence-electron chi connectivity index (χ0n) is 13.4. The molecule has 27 heavy (non-hydrogen) atoms. The quantitative estimate of drug-likeness (QED) is 0.481. The Labute approximate surface area is 169 Å². The fourth-order valence-electron chi connectivity index (χ4n) is 2.20. The Hall–Kier alpha value is -2.26. The molecule has 6 nitrogen and oxygen atoms in total. The van der Waals surface area contributed by atoms with Crippen LogP contribution in [0.2, 0.25) is 10.0 Å². The third-order valence-electron chi connectivity index (χ3n) is 3.48. The number of carbonyl (C=O) groups is 1. The predicted octanol–water partition coefficient (Wildman–Crippen LogP) is 5.30. The number of aromatic carboxylic acids is 1. The molecule has 0 atom stereocenters. The molecule has 0 bridgehead atoms. The van der Waals surface area contributed by atoms with Gasteiger partial charge >= 0.3 is 5.97 Å². The van der Waals surface area contributed by atoms with Crippen molar-refractivity contribution in [1.29, 1.82) is 0 Å². The summed E-state index contributed by atoms with van der Waals surface area (Å²) in [5.74, 6) is -1.04. The Morgan fingerprint density at radius 1 is 1.00 bits per heavy atom. The second-order valence-electron chi connectivity index (χ2n) is 5.36. The Balaban J connectivity index is 1.95. The van der Waals surface area contributed by atoms with Crippen molar-refractivity contribution in [2.24, 2.45) is 0 Å². The second kappa shape index (κ2) is 7.77. The maximum atomic E-state index is 12.5. The van der Waals surface area contributed by atoms with Gasteiger partial charge in [0.05, 0.1) is 27.0 Å². The first-order chi connectivity index (χ1) is 12.8. The number of halogens is 2. The lowest BCUT2D eigenvalue weighted by Gasteiger charge is -2.15. The van der Waals surface area contributed by atoms with Crippen LogP contribution in [-0.2, 0) is 10.0 Å². The molecule has 3 N–H and O–H groups in total. The van der Waals surface area contributed by atoms with E-state index in [4.69, 9.17) is 28.3 Å². The highest BCUT2D eigenvalue weighted by molar-refractivity contribution is 7.94. The first-order valence-electron chi connectivity index (χ1n) is 7.42. The number of carboxylic acid groups (broad SMARTS) is 1. The molecule has 0 unspecified atom stereocenters. The third kappa shape index (κ3) is 4.54. The van der Waals surface area contributed by atoms with Crippen LogP contribution < -0.4 is 10.0 Å². The number of hydrogen-bond acceptors (Lipinski definition) is 5. The van der Waals surface area contributed by atoms with E-state index in [-0.39, 0.29) is 25.5 Å². The van der Waals surface area contributed by atoms with Crippen molar-refractivity contribution in [1.82, 2.24) is 0 Å². The summed E-state index contributed by atoms with van der Waals surface area (Å²) in [7, 11) is -3.78. The fourth-order valence-corrected chi connectivity index (χ4v) is 4.59. The van der Waals surface area contributed by atoms with Crippen molar-refractivity contribution in [3.8, 4) is 0 Å². The minimum absolute atomic E-state index is 0.133. The number of sulfonamides is 1. The Morgan fingerprint density at radius 3 is 2.19 bits per heavy atom. The van der Waals surface area contributed by atoms with Gasteiger partial charge in [-0.2, -0.15) is 0 Å². The van der Waals surface area contributed by atoms with Crippen molar-refractivity contribution >= 4 is 67.6 Å². The average molecular weight is 443 g/mol. The van der Waals surface area contributed by atoms with Crippen LogP contribution in [0.4, 0.5) is 17.1 Å². The summed E-state index contributed by atoms with van der Waals surface area (Å²) in [6.45, 7) is 0. The summed E-state index contributed by atoms with van der Waals surface area (Å²) in [6.07, 6.45) is 0. The lowest BCUT2D eigenvalue weighted by molar-refractivity contribution is 0.0697. The molecule has 1 heterocycles. The molecule has 0 saturated carbocycles. The normalized spacial score (nSPS) is 11.2. The summed E-state index contributed by atoms with van der Waals surface area (Å²) < 4.78 is 27.7. The van der Waals surface area contributed by atoms with Gasteiger partial charge in [0.1, 0.15) is 4.21 Å². The summed E-state index contributed by atoms with van der Waals surface area (Å²) in [5.41, 5.74) is 1.26. The van der Waals surface area contributed by atoms with E-state index in [0.717, 1.165) is 11.3 Å². The molecule has 3 aromatic rings. The highest BCUT2D eigenvalue weighted by atomic mass is 35.5. The van der Waals surface area contributed by atoms with Gasteiger partial charge in [-0.05, 0) is 47.8 Å². The molecule has 140 valence electrons. The van der Waals surface area contributed by atoms with E-state index in [0.29, 0.717) is 11.4 Å². The molecule has 0 aliphatic heterocycles. The standard InChI is InChI=1S/C17H12Cl2N2O4S2/c18-12-8-14(20-11-5-3-10(4-6-11)17(22)23)15(9-13(12)19)21-27(24,25)16-2-1-7-26-16/h1-9,20-21H,(H,22,23). The predicted molar refractivity (Wildman–Crippen MR) is 108 cm³/mol. The van der Waals surface area contributed by atoms with Crippen molar-refractivity contribution in [2.75, 3.05) is 10.0 Å². The van der Waals surface area contributed by atoms with Crippen LogP contribution in [0.1, 0.15) is 10.4 Å². The molecule has 2 aromatic carbocycles. The van der Waals surface area contributed by atoms with E-state index < -0.39 is 16.0 Å². The molecule has 0 fully saturated rings. The largest absolute Gasteiger partial charge is 0.478 e. The number of rotatable bonds is 6. The zero-order valence-corrected chi connectivity index (χ0v) is 16.6. The Bertz CT molecular complexity index is 1080. The SMILES string of the molecule is O=C(O)c1ccc(Nc2cc(Cl)c(Cl)cc2NS(=O)(=O)c2cccs2)cc1. The second-order valence-corrected chi connectivity index (χ2v) is 9.03. The van der Waals surface area contributed by atoms with E-state index in [2.05, 4.69) is 10.0 Å². The van der Waals surface area contributed by atoms with E-state index in [1.807, 2.05) is 0 Å². The number of carboxylic acids is 1. The van der Waals surface area contributed by atoms with Crippen LogP contribution >= 0.6 is 34.5 Å². The molecular weight excluding hydrogens is 431 g/mol. The molecule has 0 spiro atoms. The number of hydrogen-bond donors (Lipinski definition) is 3. The molecule has 3 rings (SSSR count). The van der Waals surface area contributed by atoms with Gasteiger partial charge in [-0.1, -0.05) is 29.3 Å². The first kappa shape index (κ1) is 19.5. The molecule has 0 radical (unpaired) electrons. The lowest BCUT2D eigenvalue weighted by Crippen LogP contribution is -2.13. The third-order valence-corrected chi connectivity index (χ3v) is 6.96. The van der Waals surface area contributed by atoms with E-state index >= 15 is 0 Å². The van der Waals surface area contributed by atoms with Crippen molar-refractivity contribution in [2.45, 2.75) is 4.21 Å². The highest BCUT2D eigenvalue weighted by Crippen LogP contribution is 2.36. The van der Waals surface area contributed by atoms with Gasteiger partial charge < -0.3 is 10.4 Å². The molecule has 0 saturated heterocycles. The zero-order chi connectivity index (χ0) is 19.6. The Kier molecular flexibility index (Phi) is 5.61. The van der Waals surface area contributed by atoms with Crippen LogP contribution in [0.25, 0.3) is 0 Å². The van der Waals surface area contributed by atoms with E-state index in [9.17, 15) is 13.2 Å².